The van der Waals surface area contributed by atoms with Gasteiger partial charge in [-0.2, -0.15) is 0 Å². The van der Waals surface area contributed by atoms with Crippen LogP contribution in [0.25, 0.3) is 0 Å². The Labute approximate surface area is 116 Å². The predicted molar refractivity (Wildman–Crippen MR) is 72.4 cm³/mol. The zero-order valence-electron chi connectivity index (χ0n) is 10.2. The number of Topliss-reactive ketones (excluding diaryl/α,β-unsaturated/α-hetero) is 1. The minimum Gasteiger partial charge on any atom is -0.304 e. The fourth-order valence-electron chi connectivity index (χ4n) is 2.44. The molecule has 96 valence electrons. The van der Waals surface area contributed by atoms with Crippen LogP contribution in [0.2, 0.25) is 5.02 Å². The third kappa shape index (κ3) is 2.10. The summed E-state index contributed by atoms with van der Waals surface area (Å²) >= 11 is 5.84. The molecule has 0 fully saturated rings. The highest BCUT2D eigenvalue weighted by Gasteiger charge is 2.37. The number of hydrogen-bond acceptors (Lipinski definition) is 2. The molecule has 0 atom stereocenters. The second-order valence-corrected chi connectivity index (χ2v) is 5.08. The molecule has 0 spiro atoms. The number of carbonyl (C=O) groups excluding carboxylic acids is 2. The highest BCUT2D eigenvalue weighted by molar-refractivity contribution is 6.46. The number of amides is 1. The van der Waals surface area contributed by atoms with Gasteiger partial charge in [-0.05, 0) is 30.5 Å². The molecule has 4 heteroatoms. The summed E-state index contributed by atoms with van der Waals surface area (Å²) in [6.07, 6.45) is 5.32. The van der Waals surface area contributed by atoms with Crippen molar-refractivity contribution in [3.8, 4) is 0 Å². The number of rotatable bonds is 2. The molecule has 1 aliphatic heterocycles. The molecule has 1 aromatic rings. The van der Waals surface area contributed by atoms with Crippen LogP contribution in [0.1, 0.15) is 18.4 Å². The number of carbonyl (C=O) groups is 2. The summed E-state index contributed by atoms with van der Waals surface area (Å²) in [5.41, 5.74) is 2.38. The molecule has 1 amide bonds. The Morgan fingerprint density at radius 2 is 1.89 bits per heavy atom. The van der Waals surface area contributed by atoms with Gasteiger partial charge in [0.1, 0.15) is 0 Å². The molecule has 0 radical (unpaired) electrons. The molecule has 3 rings (SSSR count). The Kier molecular flexibility index (Phi) is 2.99. The maximum atomic E-state index is 12.0. The number of halogens is 1. The van der Waals surface area contributed by atoms with Crippen LogP contribution in [0.15, 0.2) is 47.7 Å². The summed E-state index contributed by atoms with van der Waals surface area (Å²) in [7, 11) is 0. The van der Waals surface area contributed by atoms with Crippen molar-refractivity contribution in [2.24, 2.45) is 0 Å². The fraction of sp³-hybridized carbons (Fsp3) is 0.200. The van der Waals surface area contributed by atoms with E-state index in [9.17, 15) is 9.59 Å². The summed E-state index contributed by atoms with van der Waals surface area (Å²) in [5, 5.41) is 0.660. The van der Waals surface area contributed by atoms with Gasteiger partial charge in [0, 0.05) is 16.3 Å². The van der Waals surface area contributed by atoms with Crippen LogP contribution in [-0.4, -0.2) is 16.6 Å². The highest BCUT2D eigenvalue weighted by Crippen LogP contribution is 2.31. The molecular formula is C15H12ClNO2. The molecule has 1 heterocycles. The van der Waals surface area contributed by atoms with E-state index in [1.54, 1.807) is 23.1 Å². The van der Waals surface area contributed by atoms with Crippen LogP contribution in [-0.2, 0) is 16.1 Å². The van der Waals surface area contributed by atoms with E-state index in [2.05, 4.69) is 0 Å². The Morgan fingerprint density at radius 1 is 1.16 bits per heavy atom. The maximum Gasteiger partial charge on any atom is 0.299 e. The lowest BCUT2D eigenvalue weighted by Crippen LogP contribution is -2.28. The molecule has 2 aliphatic rings. The van der Waals surface area contributed by atoms with Crippen LogP contribution in [0.3, 0.4) is 0 Å². The Morgan fingerprint density at radius 3 is 2.63 bits per heavy atom. The first kappa shape index (κ1) is 12.2. The van der Waals surface area contributed by atoms with Crippen molar-refractivity contribution in [3.05, 3.63) is 58.3 Å². The van der Waals surface area contributed by atoms with Crippen LogP contribution in [0.4, 0.5) is 0 Å². The van der Waals surface area contributed by atoms with Crippen molar-refractivity contribution in [2.75, 3.05) is 0 Å². The lowest BCUT2D eigenvalue weighted by molar-refractivity contribution is -0.139. The molecule has 1 aliphatic carbocycles. The Balaban J connectivity index is 1.90. The molecule has 19 heavy (non-hydrogen) atoms. The largest absolute Gasteiger partial charge is 0.304 e. The van der Waals surface area contributed by atoms with Gasteiger partial charge in [0.05, 0.1) is 6.54 Å². The molecule has 0 N–H and O–H groups in total. The van der Waals surface area contributed by atoms with Gasteiger partial charge in [0.15, 0.2) is 0 Å². The zero-order chi connectivity index (χ0) is 13.4. The van der Waals surface area contributed by atoms with E-state index in [0.717, 1.165) is 24.1 Å². The van der Waals surface area contributed by atoms with Crippen LogP contribution >= 0.6 is 11.6 Å². The molecule has 0 bridgehead atoms. The van der Waals surface area contributed by atoms with Crippen molar-refractivity contribution in [3.63, 3.8) is 0 Å². The summed E-state index contributed by atoms with van der Waals surface area (Å²) in [5.74, 6) is -0.814. The van der Waals surface area contributed by atoms with Gasteiger partial charge in [-0.15, -0.1) is 0 Å². The van der Waals surface area contributed by atoms with Gasteiger partial charge in [-0.1, -0.05) is 35.9 Å². The number of benzene rings is 1. The summed E-state index contributed by atoms with van der Waals surface area (Å²) in [6.45, 7) is 0.425. The topological polar surface area (TPSA) is 37.4 Å². The Bertz CT molecular complexity index is 614. The first-order chi connectivity index (χ1) is 9.16. The second kappa shape index (κ2) is 4.67. The normalized spacial score (nSPS) is 18.3. The zero-order valence-corrected chi connectivity index (χ0v) is 11.0. The summed E-state index contributed by atoms with van der Waals surface area (Å²) in [6, 6.07) is 7.32. The van der Waals surface area contributed by atoms with Crippen molar-refractivity contribution in [2.45, 2.75) is 19.4 Å². The number of ketones is 1. The minimum absolute atomic E-state index is 0.389. The molecule has 0 unspecified atom stereocenters. The van der Waals surface area contributed by atoms with Crippen LogP contribution in [0.5, 0.6) is 0 Å². The molecule has 1 aromatic carbocycles. The Hall–Kier alpha value is -1.87. The van der Waals surface area contributed by atoms with Gasteiger partial charge in [-0.25, -0.2) is 0 Å². The van der Waals surface area contributed by atoms with Gasteiger partial charge >= 0.3 is 0 Å². The molecule has 0 aromatic heterocycles. The SMILES string of the molecule is O=C1C(=O)N(Cc2ccc(Cl)cc2)C2=C1C=CCC2. The monoisotopic (exact) mass is 273 g/mol. The van der Waals surface area contributed by atoms with Crippen LogP contribution in [0, 0.1) is 0 Å². The average molecular weight is 274 g/mol. The van der Waals surface area contributed by atoms with Gasteiger partial charge in [0.2, 0.25) is 0 Å². The minimum atomic E-state index is -0.425. The second-order valence-electron chi connectivity index (χ2n) is 4.65. The third-order valence-electron chi connectivity index (χ3n) is 3.41. The maximum absolute atomic E-state index is 12.0. The fourth-order valence-corrected chi connectivity index (χ4v) is 2.57. The molecular weight excluding hydrogens is 262 g/mol. The molecule has 3 nitrogen and oxygen atoms in total. The number of nitrogens with zero attached hydrogens (tertiary/aromatic N) is 1. The van der Waals surface area contributed by atoms with Crippen molar-refractivity contribution >= 4 is 23.3 Å². The summed E-state index contributed by atoms with van der Waals surface area (Å²) < 4.78 is 0. The van der Waals surface area contributed by atoms with Gasteiger partial charge in [-0.3, -0.25) is 9.59 Å². The first-order valence-corrected chi connectivity index (χ1v) is 6.55. The highest BCUT2D eigenvalue weighted by atomic mass is 35.5. The molecule has 0 saturated heterocycles. The number of hydrogen-bond donors (Lipinski definition) is 0. The lowest BCUT2D eigenvalue weighted by Gasteiger charge is -2.20. The standard InChI is InChI=1S/C15H12ClNO2/c16-11-7-5-10(6-8-11)9-17-13-4-2-1-3-12(13)14(18)15(17)19/h1,3,5-8H,2,4,9H2. The van der Waals surface area contributed by atoms with E-state index in [1.807, 2.05) is 18.2 Å². The van der Waals surface area contributed by atoms with E-state index in [4.69, 9.17) is 11.6 Å². The van der Waals surface area contributed by atoms with E-state index in [1.165, 1.54) is 0 Å². The van der Waals surface area contributed by atoms with E-state index in [-0.39, 0.29) is 5.78 Å². The predicted octanol–water partition coefficient (Wildman–Crippen LogP) is 2.86. The van der Waals surface area contributed by atoms with Crippen molar-refractivity contribution in [1.29, 1.82) is 0 Å². The van der Waals surface area contributed by atoms with Crippen LogP contribution < -0.4 is 0 Å². The average Bonchev–Trinajstić information content (AvgIpc) is 2.67. The molecule has 0 saturated carbocycles. The quantitative estimate of drug-likeness (QED) is 0.777. The summed E-state index contributed by atoms with van der Waals surface area (Å²) in [4.78, 5) is 25.5. The first-order valence-electron chi connectivity index (χ1n) is 6.17. The van der Waals surface area contributed by atoms with Crippen molar-refractivity contribution < 1.29 is 9.59 Å². The lowest BCUT2D eigenvalue weighted by atomic mass is 10.0. The van der Waals surface area contributed by atoms with E-state index in [0.29, 0.717) is 17.1 Å². The van der Waals surface area contributed by atoms with E-state index >= 15 is 0 Å². The number of allylic oxidation sites excluding steroid dienone is 3. The van der Waals surface area contributed by atoms with Crippen molar-refractivity contribution in [1.82, 2.24) is 4.90 Å². The van der Waals surface area contributed by atoms with E-state index < -0.39 is 5.91 Å². The van der Waals surface area contributed by atoms with Gasteiger partial charge < -0.3 is 4.90 Å². The van der Waals surface area contributed by atoms with Gasteiger partial charge in [0.25, 0.3) is 11.7 Å². The smallest absolute Gasteiger partial charge is 0.299 e. The third-order valence-corrected chi connectivity index (χ3v) is 3.66.